The second-order valence-corrected chi connectivity index (χ2v) is 6.21. The van der Waals surface area contributed by atoms with Crippen molar-refractivity contribution in [1.29, 1.82) is 0 Å². The van der Waals surface area contributed by atoms with Gasteiger partial charge in [0.15, 0.2) is 0 Å². The summed E-state index contributed by atoms with van der Waals surface area (Å²) < 4.78 is 0. The van der Waals surface area contributed by atoms with E-state index >= 15 is 0 Å². The molecule has 0 amide bonds. The highest BCUT2D eigenvalue weighted by molar-refractivity contribution is 6.33. The normalized spacial score (nSPS) is 15.4. The summed E-state index contributed by atoms with van der Waals surface area (Å²) in [7, 11) is 0. The van der Waals surface area contributed by atoms with Crippen molar-refractivity contribution in [2.45, 2.75) is 27.7 Å². The first kappa shape index (κ1) is 16.4. The van der Waals surface area contributed by atoms with Gasteiger partial charge >= 0.3 is 0 Å². The zero-order valence-corrected chi connectivity index (χ0v) is 14.4. The second kappa shape index (κ2) is 6.89. The van der Waals surface area contributed by atoms with E-state index in [0.717, 1.165) is 27.8 Å². The molecule has 1 aliphatic rings. The lowest BCUT2D eigenvalue weighted by atomic mass is 10.0. The van der Waals surface area contributed by atoms with Crippen molar-refractivity contribution in [3.8, 4) is 0 Å². The van der Waals surface area contributed by atoms with E-state index in [9.17, 15) is 0 Å². The third kappa shape index (κ3) is 3.45. The van der Waals surface area contributed by atoms with Crippen molar-refractivity contribution in [1.82, 2.24) is 4.90 Å². The fourth-order valence-electron chi connectivity index (χ4n) is 2.23. The van der Waals surface area contributed by atoms with Crippen LogP contribution >= 0.6 is 11.6 Å². The molecule has 3 heteroatoms. The summed E-state index contributed by atoms with van der Waals surface area (Å²) >= 11 is 6.38. The number of nitrogens with zero attached hydrogens (tertiary/aromatic N) is 1. The number of para-hydroxylation sites is 1. The molecule has 22 heavy (non-hydrogen) atoms. The highest BCUT2D eigenvalue weighted by Crippen LogP contribution is 2.31. The Bertz CT molecular complexity index is 646. The van der Waals surface area contributed by atoms with Crippen molar-refractivity contribution < 1.29 is 0 Å². The molecular weight excluding hydrogens is 292 g/mol. The van der Waals surface area contributed by atoms with Gasteiger partial charge in [0, 0.05) is 11.9 Å². The zero-order valence-electron chi connectivity index (χ0n) is 13.7. The van der Waals surface area contributed by atoms with Gasteiger partial charge in [-0.15, -0.1) is 0 Å². The van der Waals surface area contributed by atoms with Gasteiger partial charge in [-0.3, -0.25) is 0 Å². The minimum atomic E-state index is 0.414. The van der Waals surface area contributed by atoms with Gasteiger partial charge in [-0.1, -0.05) is 50.2 Å². The number of halogens is 1. The van der Waals surface area contributed by atoms with E-state index in [4.69, 9.17) is 11.6 Å². The maximum absolute atomic E-state index is 6.38. The molecule has 0 aromatic heterocycles. The van der Waals surface area contributed by atoms with Gasteiger partial charge in [-0.25, -0.2) is 0 Å². The molecule has 1 aromatic rings. The molecule has 0 radical (unpaired) electrons. The van der Waals surface area contributed by atoms with E-state index in [1.165, 1.54) is 5.57 Å². The van der Waals surface area contributed by atoms with Crippen molar-refractivity contribution in [3.05, 3.63) is 76.9 Å². The van der Waals surface area contributed by atoms with E-state index in [2.05, 4.69) is 50.6 Å². The largest absolute Gasteiger partial charge is 0.340 e. The molecule has 2 rings (SSSR count). The highest BCUT2D eigenvalue weighted by Gasteiger charge is 2.17. The molecule has 0 saturated carbocycles. The van der Waals surface area contributed by atoms with Crippen LogP contribution in [-0.4, -0.2) is 4.90 Å². The molecule has 1 N–H and O–H groups in total. The Morgan fingerprint density at radius 2 is 2.00 bits per heavy atom. The van der Waals surface area contributed by atoms with Crippen LogP contribution in [-0.2, 0) is 0 Å². The lowest BCUT2D eigenvalue weighted by Gasteiger charge is -2.30. The fraction of sp³-hybridized carbons (Fsp3) is 0.263. The number of aryl methyl sites for hydroxylation is 1. The fourth-order valence-corrected chi connectivity index (χ4v) is 2.50. The van der Waals surface area contributed by atoms with Gasteiger partial charge in [0.1, 0.15) is 5.82 Å². The second-order valence-electron chi connectivity index (χ2n) is 5.81. The van der Waals surface area contributed by atoms with Crippen LogP contribution in [0, 0.1) is 12.8 Å². The number of rotatable bonds is 4. The first-order chi connectivity index (χ1) is 10.4. The Kier molecular flexibility index (Phi) is 5.15. The molecule has 1 heterocycles. The number of anilines is 1. The van der Waals surface area contributed by atoms with Crippen LogP contribution in [0.15, 0.2) is 66.3 Å². The van der Waals surface area contributed by atoms with Crippen molar-refractivity contribution in [2.24, 2.45) is 5.92 Å². The monoisotopic (exact) mass is 314 g/mol. The van der Waals surface area contributed by atoms with Gasteiger partial charge in [-0.05, 0) is 49.1 Å². The van der Waals surface area contributed by atoms with Crippen LogP contribution in [0.5, 0.6) is 0 Å². The van der Waals surface area contributed by atoms with Crippen molar-refractivity contribution in [2.75, 3.05) is 5.32 Å². The number of nitrogens with one attached hydrogen (secondary N) is 1. The van der Waals surface area contributed by atoms with E-state index in [1.807, 2.05) is 36.6 Å². The van der Waals surface area contributed by atoms with Crippen molar-refractivity contribution >= 4 is 17.3 Å². The van der Waals surface area contributed by atoms with Gasteiger partial charge in [0.2, 0.25) is 0 Å². The summed E-state index contributed by atoms with van der Waals surface area (Å²) in [5.41, 5.74) is 4.23. The lowest BCUT2D eigenvalue weighted by Crippen LogP contribution is -2.24. The quantitative estimate of drug-likeness (QED) is 0.750. The average Bonchev–Trinajstić information content (AvgIpc) is 2.47. The molecule has 116 valence electrons. The van der Waals surface area contributed by atoms with Crippen LogP contribution in [0.1, 0.15) is 26.3 Å². The summed E-state index contributed by atoms with van der Waals surface area (Å²) in [6.45, 7) is 12.7. The standard InChI is InChI=1S/C19H23ClN2/c1-13(2)16(5)19(22-12-7-6-10-15(22)4)21-18-14(3)9-8-11-17(18)20/h6-13,21H,4H2,1-3,5H3/b19-16+. The Labute approximate surface area is 138 Å². The smallest absolute Gasteiger partial charge is 0.114 e. The van der Waals surface area contributed by atoms with Gasteiger partial charge in [0.25, 0.3) is 0 Å². The average molecular weight is 315 g/mol. The summed E-state index contributed by atoms with van der Waals surface area (Å²) in [4.78, 5) is 2.07. The Morgan fingerprint density at radius 1 is 1.27 bits per heavy atom. The summed E-state index contributed by atoms with van der Waals surface area (Å²) in [5, 5.41) is 4.24. The van der Waals surface area contributed by atoms with Crippen LogP contribution < -0.4 is 5.32 Å². The molecule has 0 spiro atoms. The van der Waals surface area contributed by atoms with Crippen LogP contribution in [0.3, 0.4) is 0 Å². The topological polar surface area (TPSA) is 15.3 Å². The molecule has 0 bridgehead atoms. The summed E-state index contributed by atoms with van der Waals surface area (Å²) in [6, 6.07) is 5.92. The summed E-state index contributed by atoms with van der Waals surface area (Å²) in [6.07, 6.45) is 8.00. The Balaban J connectivity index is 2.47. The first-order valence-corrected chi connectivity index (χ1v) is 7.85. The number of hydrogen-bond donors (Lipinski definition) is 1. The Hall–Kier alpha value is -1.93. The number of benzene rings is 1. The van der Waals surface area contributed by atoms with Crippen LogP contribution in [0.4, 0.5) is 5.69 Å². The molecule has 0 unspecified atom stereocenters. The Morgan fingerprint density at radius 3 is 2.59 bits per heavy atom. The van der Waals surface area contributed by atoms with E-state index in [0.29, 0.717) is 5.92 Å². The minimum absolute atomic E-state index is 0.414. The van der Waals surface area contributed by atoms with Crippen LogP contribution in [0.25, 0.3) is 0 Å². The van der Waals surface area contributed by atoms with Crippen LogP contribution in [0.2, 0.25) is 5.02 Å². The molecule has 0 aliphatic carbocycles. The number of hydrogen-bond acceptors (Lipinski definition) is 2. The lowest BCUT2D eigenvalue weighted by molar-refractivity contribution is 0.569. The molecule has 0 atom stereocenters. The van der Waals surface area contributed by atoms with E-state index < -0.39 is 0 Å². The third-order valence-corrected chi connectivity index (χ3v) is 4.21. The molecule has 1 aromatic carbocycles. The first-order valence-electron chi connectivity index (χ1n) is 7.47. The number of allylic oxidation sites excluding steroid dienone is 4. The molecule has 0 fully saturated rings. The van der Waals surface area contributed by atoms with E-state index in [-0.39, 0.29) is 0 Å². The summed E-state index contributed by atoms with van der Waals surface area (Å²) in [5.74, 6) is 1.43. The molecular formula is C19H23ClN2. The maximum Gasteiger partial charge on any atom is 0.114 e. The van der Waals surface area contributed by atoms with Gasteiger partial charge < -0.3 is 10.2 Å². The predicted molar refractivity (Wildman–Crippen MR) is 96.6 cm³/mol. The predicted octanol–water partition coefficient (Wildman–Crippen LogP) is 5.85. The maximum atomic E-state index is 6.38. The molecule has 2 nitrogen and oxygen atoms in total. The SMILES string of the molecule is C=C1C=CC=CN1/C(Nc1c(C)cccc1Cl)=C(\C)C(C)C. The van der Waals surface area contributed by atoms with Gasteiger partial charge in [0.05, 0.1) is 10.7 Å². The molecule has 1 aliphatic heterocycles. The van der Waals surface area contributed by atoms with E-state index in [1.54, 1.807) is 0 Å². The van der Waals surface area contributed by atoms with Crippen molar-refractivity contribution in [3.63, 3.8) is 0 Å². The molecule has 0 saturated heterocycles. The van der Waals surface area contributed by atoms with Gasteiger partial charge in [-0.2, -0.15) is 0 Å². The highest BCUT2D eigenvalue weighted by atomic mass is 35.5. The zero-order chi connectivity index (χ0) is 16.3. The minimum Gasteiger partial charge on any atom is -0.340 e. The third-order valence-electron chi connectivity index (χ3n) is 3.89.